The predicted octanol–water partition coefficient (Wildman–Crippen LogP) is 15.2. The van der Waals surface area contributed by atoms with Gasteiger partial charge in [0.1, 0.15) is 22.5 Å². The lowest BCUT2D eigenvalue weighted by molar-refractivity contribution is 0.0697. The number of aromatic carboxylic acids is 1. The lowest BCUT2D eigenvalue weighted by Crippen LogP contribution is -2.36. The molecule has 1 unspecified atom stereocenters. The topological polar surface area (TPSA) is 281 Å². The molecule has 2 amide bonds. The number of halogens is 2. The van der Waals surface area contributed by atoms with Crippen molar-refractivity contribution in [3.63, 3.8) is 0 Å². The maximum absolute atomic E-state index is 13.2. The molecule has 3 saturated carbocycles. The van der Waals surface area contributed by atoms with E-state index in [0.29, 0.717) is 68.6 Å². The highest BCUT2D eigenvalue weighted by atomic mass is 127. The Morgan fingerprint density at radius 2 is 1.06 bits per heavy atom. The monoisotopic (exact) mass is 1380 g/mol. The van der Waals surface area contributed by atoms with Gasteiger partial charge in [0, 0.05) is 77.6 Å². The lowest BCUT2D eigenvalue weighted by Gasteiger charge is -2.23. The van der Waals surface area contributed by atoms with Gasteiger partial charge < -0.3 is 47.7 Å². The zero-order valence-electron chi connectivity index (χ0n) is 51.4. The van der Waals surface area contributed by atoms with Crippen LogP contribution in [0, 0.1) is 0 Å². The Morgan fingerprint density at radius 3 is 1.50 bits per heavy atom. The number of carboxylic acid groups (broad SMARTS) is 1. The Kier molecular flexibility index (Phi) is 28.1. The molecule has 4 heterocycles. The van der Waals surface area contributed by atoms with Crippen LogP contribution in [0.2, 0.25) is 5.15 Å². The number of nitrogens with two attached hydrogens (primary N) is 3. The van der Waals surface area contributed by atoms with Gasteiger partial charge in [0.2, 0.25) is 0 Å². The zero-order valence-corrected chi connectivity index (χ0v) is 55.1. The molecule has 22 heteroatoms. The number of amides is 2. The van der Waals surface area contributed by atoms with E-state index in [2.05, 4.69) is 47.7 Å². The molecule has 470 valence electrons. The SMILES string of the molecule is COc1ccc2nc(-c3cccnc3)nc(Cl)c2c1.COc1ccc2nc(-c3cccnc3)nc(Nc3ccccc3C(=O)NC3CCCCC3)c2c1.NC1CCCCC1.Nc1ccccc1C(=O)NC1CCCCC1.Nc1ccccc1C(=O)O.[2H]C(I)P=S. The number of anilines is 4. The summed E-state index contributed by atoms with van der Waals surface area (Å²) in [5, 5.41) is 20.1. The number of methoxy groups -OCH3 is 2. The number of carboxylic acids is 1. The highest BCUT2D eigenvalue weighted by Crippen LogP contribution is 2.32. The number of pyridine rings is 2. The van der Waals surface area contributed by atoms with Crippen LogP contribution in [0.15, 0.2) is 158 Å². The van der Waals surface area contributed by atoms with Gasteiger partial charge in [0.15, 0.2) is 11.6 Å². The van der Waals surface area contributed by atoms with Gasteiger partial charge in [0.05, 0.1) is 51.8 Å². The van der Waals surface area contributed by atoms with E-state index in [1.54, 1.807) is 69.3 Å². The second kappa shape index (κ2) is 37.2. The van der Waals surface area contributed by atoms with Crippen molar-refractivity contribution in [2.24, 2.45) is 5.73 Å². The van der Waals surface area contributed by atoms with Crippen LogP contribution in [0.25, 0.3) is 44.6 Å². The van der Waals surface area contributed by atoms with Gasteiger partial charge in [0.25, 0.3) is 11.8 Å². The third-order valence-electron chi connectivity index (χ3n) is 15.0. The Labute approximate surface area is 552 Å². The molecule has 0 spiro atoms. The molecule has 0 saturated heterocycles. The lowest BCUT2D eigenvalue weighted by atomic mass is 9.95. The summed E-state index contributed by atoms with van der Waals surface area (Å²) < 4.78 is 17.2. The summed E-state index contributed by atoms with van der Waals surface area (Å²) in [5.41, 5.74) is 22.8. The number of aromatic nitrogens is 6. The maximum Gasteiger partial charge on any atom is 0.337 e. The van der Waals surface area contributed by atoms with E-state index in [0.717, 1.165) is 84.6 Å². The van der Waals surface area contributed by atoms with E-state index in [1.807, 2.05) is 120 Å². The van der Waals surface area contributed by atoms with Crippen LogP contribution < -0.4 is 42.6 Å². The average Bonchev–Trinajstić information content (AvgIpc) is 1.19. The van der Waals surface area contributed by atoms with Crippen molar-refractivity contribution in [3.05, 3.63) is 180 Å². The Balaban J connectivity index is 0.000000174. The largest absolute Gasteiger partial charge is 0.497 e. The van der Waals surface area contributed by atoms with Crippen molar-refractivity contribution in [3.8, 4) is 34.3 Å². The predicted molar refractivity (Wildman–Crippen MR) is 375 cm³/mol. The fourth-order valence-corrected chi connectivity index (χ4v) is 10.5. The Hall–Kier alpha value is -8.01. The molecule has 3 aliphatic carbocycles. The Morgan fingerprint density at radius 1 is 0.611 bits per heavy atom. The molecule has 3 fully saturated rings. The molecular weight excluding hydrogens is 1310 g/mol. The zero-order chi connectivity index (χ0) is 64.9. The molecule has 90 heavy (non-hydrogen) atoms. The quantitative estimate of drug-likeness (QED) is 0.0197. The van der Waals surface area contributed by atoms with Gasteiger partial charge in [-0.05, 0) is 143 Å². The molecule has 10 N–H and O–H groups in total. The first-order chi connectivity index (χ1) is 44.1. The number of carbonyl (C=O) groups is 3. The summed E-state index contributed by atoms with van der Waals surface area (Å²) in [7, 11) is 3.97. The van der Waals surface area contributed by atoms with Gasteiger partial charge in [-0.25, -0.2) is 24.7 Å². The molecule has 0 bridgehead atoms. The summed E-state index contributed by atoms with van der Waals surface area (Å²) in [5.74, 6) is 2.05. The van der Waals surface area contributed by atoms with Crippen molar-refractivity contribution in [1.29, 1.82) is 0 Å². The molecule has 18 nitrogen and oxygen atoms in total. The minimum Gasteiger partial charge on any atom is -0.497 e. The van der Waals surface area contributed by atoms with E-state index < -0.39 is 5.97 Å². The van der Waals surface area contributed by atoms with Crippen LogP contribution in [0.3, 0.4) is 0 Å². The summed E-state index contributed by atoms with van der Waals surface area (Å²) in [4.78, 5) is 62.0. The first-order valence-electron chi connectivity index (χ1n) is 30.4. The summed E-state index contributed by atoms with van der Waals surface area (Å²) in [6, 6.07) is 40.9. The minimum absolute atomic E-state index is 0.0370. The van der Waals surface area contributed by atoms with Gasteiger partial charge >= 0.3 is 5.97 Å². The number of benzene rings is 5. The molecule has 3 aliphatic rings. The number of nitrogens with one attached hydrogen (secondary N) is 3. The third kappa shape index (κ3) is 21.6. The van der Waals surface area contributed by atoms with Gasteiger partial charge in [-0.2, -0.15) is 0 Å². The second-order valence-corrected chi connectivity index (χ2v) is 24.4. The molecule has 9 aromatic rings. The van der Waals surface area contributed by atoms with Crippen molar-refractivity contribution < 1.29 is 30.3 Å². The number of nitrogen functional groups attached to an aromatic ring is 2. The first kappa shape index (κ1) is 67.9. The van der Waals surface area contributed by atoms with E-state index in [-0.39, 0.29) is 27.6 Å². The smallest absolute Gasteiger partial charge is 0.337 e. The van der Waals surface area contributed by atoms with Crippen LogP contribution in [0.4, 0.5) is 22.9 Å². The number of para-hydroxylation sites is 3. The number of rotatable bonds is 12. The summed E-state index contributed by atoms with van der Waals surface area (Å²) >= 11 is 12.6. The number of nitrogens with zero attached hydrogens (tertiary/aromatic N) is 6. The van der Waals surface area contributed by atoms with Gasteiger partial charge in [-0.15, -0.1) is 0 Å². The maximum atomic E-state index is 13.2. The molecule has 0 radical (unpaired) electrons. The minimum atomic E-state index is -0.988. The van der Waals surface area contributed by atoms with Crippen molar-refractivity contribution in [2.75, 3.05) is 35.1 Å². The van der Waals surface area contributed by atoms with Gasteiger partial charge in [-0.1, -0.05) is 140 Å². The van der Waals surface area contributed by atoms with Crippen LogP contribution in [0.5, 0.6) is 11.5 Å². The normalized spacial score (nSPS) is 14.4. The van der Waals surface area contributed by atoms with Crippen LogP contribution in [-0.4, -0.2) is 89.3 Å². The fraction of sp³-hybridized carbons (Fsp3) is 0.309. The molecule has 4 aromatic heterocycles. The van der Waals surface area contributed by atoms with Crippen molar-refractivity contribution >= 4 is 116 Å². The van der Waals surface area contributed by atoms with E-state index in [1.165, 1.54) is 63.9 Å². The van der Waals surface area contributed by atoms with Crippen molar-refractivity contribution in [2.45, 2.75) is 114 Å². The van der Waals surface area contributed by atoms with Crippen molar-refractivity contribution in [1.82, 2.24) is 40.5 Å². The summed E-state index contributed by atoms with van der Waals surface area (Å²) in [6.45, 7) is 0. The number of hydrogen-bond acceptors (Lipinski definition) is 16. The standard InChI is InChI=1S/C27H27N5O2.C14H10ClN3O.C13H18N2O.C7H7NO2.C6H13N.CH2IPS/c1-34-20-13-14-24-22(16-20)26(32-25(30-24)18-8-7-15-28-17-18)31-23-12-6-5-11-21(23)27(33)29-19-9-3-2-4-10-19;1-19-10-4-5-12-11(7-10)13(15)18-14(17-12)9-3-2-6-16-8-9;14-12-9-5-4-8-11(12)13(16)15-10-6-2-1-3-7-10;8-6-4-2-1-3-5(6)7(9)10;7-6-4-2-1-3-5-6;2-1-3-4/h5-8,11-17,19H,2-4,9-10H2,1H3,(H,29,33)(H,30,31,32);2-8H,1H3;4-5,8-10H,1-3,6-7,14H2,(H,15,16);1-4H,8H2,(H,9,10);6H,1-5,7H2;1H2/i;;;;;1D. The number of carbonyl (C=O) groups excluding carboxylic acids is 2. The molecule has 1 atom stereocenters. The molecule has 12 rings (SSSR count). The molecular formula is C68H77ClIN12O6PS. The average molecular weight is 1380 g/mol. The van der Waals surface area contributed by atoms with E-state index >= 15 is 0 Å². The van der Waals surface area contributed by atoms with E-state index in [9.17, 15) is 14.4 Å². The van der Waals surface area contributed by atoms with Gasteiger partial charge in [-0.3, -0.25) is 19.6 Å². The number of alkyl halides is 1. The van der Waals surface area contributed by atoms with Crippen LogP contribution >= 0.6 is 41.5 Å². The van der Waals surface area contributed by atoms with Crippen LogP contribution in [-0.2, 0) is 11.8 Å². The molecule has 0 aliphatic heterocycles. The van der Waals surface area contributed by atoms with Crippen LogP contribution in [0.1, 0.15) is 129 Å². The number of ether oxygens (including phenoxy) is 2. The summed E-state index contributed by atoms with van der Waals surface area (Å²) in [6.07, 6.45) is 25.1. The third-order valence-corrected chi connectivity index (χ3v) is 17.6. The number of hydrogen-bond donors (Lipinski definition) is 7. The second-order valence-electron chi connectivity index (χ2n) is 21.4. The highest BCUT2D eigenvalue weighted by molar-refractivity contribution is 14.1. The fourth-order valence-electron chi connectivity index (χ4n) is 10.2. The van der Waals surface area contributed by atoms with E-state index in [4.69, 9.17) is 54.7 Å². The molecule has 5 aromatic carbocycles. The highest BCUT2D eigenvalue weighted by Gasteiger charge is 2.21. The Bertz CT molecular complexity index is 3800. The first-order valence-corrected chi connectivity index (χ1v) is 33.5. The number of fused-ring (bicyclic) bond motifs is 2.